The van der Waals surface area contributed by atoms with Crippen LogP contribution in [0.1, 0.15) is 6.42 Å². The molecule has 0 radical (unpaired) electrons. The van der Waals surface area contributed by atoms with Crippen molar-refractivity contribution in [3.8, 4) is 0 Å². The third kappa shape index (κ3) is 5.50. The second-order valence-corrected chi connectivity index (χ2v) is 3.19. The fourth-order valence-corrected chi connectivity index (χ4v) is 0.764. The lowest BCUT2D eigenvalue weighted by molar-refractivity contribution is -0.138. The molecule has 0 saturated heterocycles. The van der Waals surface area contributed by atoms with Gasteiger partial charge in [0.2, 0.25) is 5.91 Å². The van der Waals surface area contributed by atoms with Gasteiger partial charge in [-0.15, -0.1) is 0 Å². The Bertz CT molecular complexity index is 206. The number of carbonyl (C=O) groups excluding carboxylic acids is 1. The highest BCUT2D eigenvalue weighted by atomic mass is 16.4. The molecule has 0 heterocycles. The summed E-state index contributed by atoms with van der Waals surface area (Å²) >= 11 is 0. The van der Waals surface area contributed by atoms with Crippen LogP contribution in [0.5, 0.6) is 0 Å². The third-order valence-electron chi connectivity index (χ3n) is 1.70. The maximum Gasteiger partial charge on any atom is 0.321 e. The standard InChI is InChI=1S/C8H17N3O3/c1-11(2)7(12)3-4-10-5-6(9)8(13)14/h6,10H,3-5,9H2,1-2H3,(H,13,14). The minimum atomic E-state index is -1.04. The number of amides is 1. The predicted octanol–water partition coefficient (Wildman–Crippen LogP) is -1.53. The zero-order valence-electron chi connectivity index (χ0n) is 8.49. The van der Waals surface area contributed by atoms with Gasteiger partial charge in [0.15, 0.2) is 0 Å². The lowest BCUT2D eigenvalue weighted by Gasteiger charge is -2.11. The predicted molar refractivity (Wildman–Crippen MR) is 51.8 cm³/mol. The van der Waals surface area contributed by atoms with Crippen molar-refractivity contribution in [2.45, 2.75) is 12.5 Å². The smallest absolute Gasteiger partial charge is 0.321 e. The minimum Gasteiger partial charge on any atom is -0.480 e. The maximum atomic E-state index is 11.1. The van der Waals surface area contributed by atoms with E-state index in [1.54, 1.807) is 14.1 Å². The quantitative estimate of drug-likeness (QED) is 0.455. The number of nitrogens with one attached hydrogen (secondary N) is 1. The monoisotopic (exact) mass is 203 g/mol. The zero-order chi connectivity index (χ0) is 11.1. The van der Waals surface area contributed by atoms with E-state index in [2.05, 4.69) is 5.32 Å². The average molecular weight is 203 g/mol. The Labute approximate surface area is 83.1 Å². The first-order valence-corrected chi connectivity index (χ1v) is 4.34. The zero-order valence-corrected chi connectivity index (χ0v) is 8.49. The molecule has 0 spiro atoms. The average Bonchev–Trinajstić information content (AvgIpc) is 2.11. The highest BCUT2D eigenvalue weighted by molar-refractivity contribution is 5.75. The molecular formula is C8H17N3O3. The minimum absolute atomic E-state index is 0.00129. The Balaban J connectivity index is 3.47. The number of carbonyl (C=O) groups is 2. The normalized spacial score (nSPS) is 12.2. The molecule has 14 heavy (non-hydrogen) atoms. The first kappa shape index (κ1) is 12.9. The van der Waals surface area contributed by atoms with Gasteiger partial charge in [0.05, 0.1) is 0 Å². The van der Waals surface area contributed by atoms with Crippen LogP contribution in [-0.4, -0.2) is 55.1 Å². The van der Waals surface area contributed by atoms with E-state index >= 15 is 0 Å². The summed E-state index contributed by atoms with van der Waals surface area (Å²) in [6.45, 7) is 0.619. The molecule has 0 aliphatic heterocycles. The molecule has 0 bridgehead atoms. The molecule has 0 aromatic carbocycles. The van der Waals surface area contributed by atoms with Crippen LogP contribution in [0.4, 0.5) is 0 Å². The number of nitrogens with two attached hydrogens (primary N) is 1. The van der Waals surface area contributed by atoms with Crippen LogP contribution in [0.2, 0.25) is 0 Å². The van der Waals surface area contributed by atoms with Gasteiger partial charge >= 0.3 is 5.97 Å². The summed E-state index contributed by atoms with van der Waals surface area (Å²) in [6, 6.07) is -0.913. The Morgan fingerprint density at radius 1 is 1.50 bits per heavy atom. The van der Waals surface area contributed by atoms with Crippen molar-refractivity contribution in [3.63, 3.8) is 0 Å². The van der Waals surface area contributed by atoms with Crippen molar-refractivity contribution in [2.75, 3.05) is 27.2 Å². The lowest BCUT2D eigenvalue weighted by atomic mass is 10.3. The molecule has 4 N–H and O–H groups in total. The highest BCUT2D eigenvalue weighted by Gasteiger charge is 2.10. The van der Waals surface area contributed by atoms with Gasteiger partial charge in [-0.3, -0.25) is 9.59 Å². The maximum absolute atomic E-state index is 11.1. The number of hydrogen-bond acceptors (Lipinski definition) is 4. The number of hydrogen-bond donors (Lipinski definition) is 3. The molecule has 0 saturated carbocycles. The van der Waals surface area contributed by atoms with Gasteiger partial charge in [0.25, 0.3) is 0 Å². The highest BCUT2D eigenvalue weighted by Crippen LogP contribution is 1.85. The van der Waals surface area contributed by atoms with Gasteiger partial charge < -0.3 is 21.1 Å². The van der Waals surface area contributed by atoms with E-state index in [4.69, 9.17) is 10.8 Å². The molecule has 0 aromatic rings. The molecule has 0 fully saturated rings. The fourth-order valence-electron chi connectivity index (χ4n) is 0.764. The second kappa shape index (κ2) is 6.33. The topological polar surface area (TPSA) is 95.7 Å². The SMILES string of the molecule is CN(C)C(=O)CCNCC(N)C(=O)O. The van der Waals surface area contributed by atoms with Crippen molar-refractivity contribution in [1.82, 2.24) is 10.2 Å². The number of carboxylic acids is 1. The molecule has 0 aliphatic rings. The summed E-state index contributed by atoms with van der Waals surface area (Å²) in [7, 11) is 3.34. The summed E-state index contributed by atoms with van der Waals surface area (Å²) in [5.41, 5.74) is 5.24. The molecule has 0 aliphatic carbocycles. The first-order chi connectivity index (χ1) is 6.45. The number of nitrogens with zero attached hydrogens (tertiary/aromatic N) is 1. The van der Waals surface area contributed by atoms with Crippen LogP contribution >= 0.6 is 0 Å². The number of aliphatic carboxylic acids is 1. The largest absolute Gasteiger partial charge is 0.480 e. The van der Waals surface area contributed by atoms with Gasteiger partial charge in [-0.05, 0) is 0 Å². The van der Waals surface area contributed by atoms with Gasteiger partial charge in [0, 0.05) is 33.6 Å². The summed E-state index contributed by atoms with van der Waals surface area (Å²) < 4.78 is 0. The Morgan fingerprint density at radius 2 is 2.07 bits per heavy atom. The van der Waals surface area contributed by atoms with E-state index in [1.165, 1.54) is 4.90 Å². The van der Waals surface area contributed by atoms with E-state index < -0.39 is 12.0 Å². The van der Waals surface area contributed by atoms with Crippen LogP contribution in [-0.2, 0) is 9.59 Å². The third-order valence-corrected chi connectivity index (χ3v) is 1.70. The van der Waals surface area contributed by atoms with Gasteiger partial charge in [-0.25, -0.2) is 0 Å². The van der Waals surface area contributed by atoms with E-state index in [0.717, 1.165) is 0 Å². The van der Waals surface area contributed by atoms with Crippen LogP contribution < -0.4 is 11.1 Å². The van der Waals surface area contributed by atoms with Crippen molar-refractivity contribution >= 4 is 11.9 Å². The van der Waals surface area contributed by atoms with E-state index in [9.17, 15) is 9.59 Å². The van der Waals surface area contributed by atoms with Crippen LogP contribution in [0.25, 0.3) is 0 Å². The molecule has 6 nitrogen and oxygen atoms in total. The summed E-state index contributed by atoms with van der Waals surface area (Å²) in [5, 5.41) is 11.2. The van der Waals surface area contributed by atoms with Crippen LogP contribution in [0.15, 0.2) is 0 Å². The lowest BCUT2D eigenvalue weighted by Crippen LogP contribution is -2.41. The molecule has 1 amide bonds. The molecule has 0 rings (SSSR count). The first-order valence-electron chi connectivity index (χ1n) is 4.34. The Kier molecular flexibility index (Phi) is 5.82. The molecule has 82 valence electrons. The number of rotatable bonds is 6. The summed E-state index contributed by atoms with van der Waals surface area (Å²) in [6.07, 6.45) is 0.347. The van der Waals surface area contributed by atoms with Gasteiger partial charge in [-0.2, -0.15) is 0 Å². The molecule has 1 atom stereocenters. The molecule has 1 unspecified atom stereocenters. The Morgan fingerprint density at radius 3 is 2.50 bits per heavy atom. The second-order valence-electron chi connectivity index (χ2n) is 3.19. The van der Waals surface area contributed by atoms with Gasteiger partial charge in [-0.1, -0.05) is 0 Å². The number of carboxylic acid groups (broad SMARTS) is 1. The van der Waals surface area contributed by atoms with Crippen molar-refractivity contribution in [1.29, 1.82) is 0 Å². The van der Waals surface area contributed by atoms with E-state index in [1.807, 2.05) is 0 Å². The summed E-state index contributed by atoms with van der Waals surface area (Å²) in [5.74, 6) is -1.04. The molecule has 0 aromatic heterocycles. The molecule has 6 heteroatoms. The van der Waals surface area contributed by atoms with Gasteiger partial charge in [0.1, 0.15) is 6.04 Å². The summed E-state index contributed by atoms with van der Waals surface area (Å²) in [4.78, 5) is 22.8. The van der Waals surface area contributed by atoms with E-state index in [0.29, 0.717) is 13.0 Å². The Hall–Kier alpha value is -1.14. The fraction of sp³-hybridized carbons (Fsp3) is 0.750. The van der Waals surface area contributed by atoms with Crippen molar-refractivity contribution in [2.24, 2.45) is 5.73 Å². The molecular weight excluding hydrogens is 186 g/mol. The van der Waals surface area contributed by atoms with Crippen molar-refractivity contribution in [3.05, 3.63) is 0 Å². The van der Waals surface area contributed by atoms with Crippen molar-refractivity contribution < 1.29 is 14.7 Å². The van der Waals surface area contributed by atoms with E-state index in [-0.39, 0.29) is 12.5 Å². The van der Waals surface area contributed by atoms with Crippen LogP contribution in [0, 0.1) is 0 Å². The van der Waals surface area contributed by atoms with Crippen LogP contribution in [0.3, 0.4) is 0 Å².